The molecule has 1 rings (SSSR count). The molecule has 0 saturated carbocycles. The summed E-state index contributed by atoms with van der Waals surface area (Å²) in [6, 6.07) is 10.3. The van der Waals surface area contributed by atoms with Crippen LogP contribution < -0.4 is 0 Å². The Morgan fingerprint density at radius 1 is 1.40 bits per heavy atom. The van der Waals surface area contributed by atoms with Crippen molar-refractivity contribution in [3.8, 4) is 12.3 Å². The number of terminal acetylenes is 1. The maximum absolute atomic E-state index is 6.38. The maximum atomic E-state index is 6.38. The van der Waals surface area contributed by atoms with Gasteiger partial charge in [-0.3, -0.25) is 4.90 Å². The first-order valence-electron chi connectivity index (χ1n) is 4.99. The summed E-state index contributed by atoms with van der Waals surface area (Å²) in [4.78, 5) is 2.07. The monoisotopic (exact) mass is 221 g/mol. The number of benzene rings is 1. The predicted octanol–water partition coefficient (Wildman–Crippen LogP) is 2.92. The molecule has 0 aliphatic heterocycles. The van der Waals surface area contributed by atoms with Gasteiger partial charge in [-0.1, -0.05) is 36.3 Å². The first kappa shape index (κ1) is 12.1. The summed E-state index contributed by atoms with van der Waals surface area (Å²) in [7, 11) is 1.99. The molecule has 0 bridgehead atoms. The molecular formula is C13H16ClN. The highest BCUT2D eigenvalue weighted by Gasteiger charge is 2.19. The molecule has 0 unspecified atom stereocenters. The van der Waals surface area contributed by atoms with Crippen LogP contribution in [0, 0.1) is 12.3 Å². The molecule has 0 aromatic heterocycles. The minimum atomic E-state index is -0.0236. The number of halogens is 1. The molecule has 0 spiro atoms. The number of hydrogen-bond donors (Lipinski definition) is 0. The zero-order valence-corrected chi connectivity index (χ0v) is 9.91. The quantitative estimate of drug-likeness (QED) is 0.558. The average molecular weight is 222 g/mol. The van der Waals surface area contributed by atoms with E-state index in [-0.39, 0.29) is 11.4 Å². The highest BCUT2D eigenvalue weighted by molar-refractivity contribution is 6.21. The van der Waals surface area contributed by atoms with Gasteiger partial charge in [0.15, 0.2) is 0 Å². The molecule has 0 fully saturated rings. The smallest absolute Gasteiger partial charge is 0.0738 e. The summed E-state index contributed by atoms with van der Waals surface area (Å²) >= 11 is 6.38. The third-order valence-corrected chi connectivity index (χ3v) is 3.19. The van der Waals surface area contributed by atoms with Gasteiger partial charge in [0.2, 0.25) is 0 Å². The third-order valence-electron chi connectivity index (χ3n) is 2.58. The second-order valence-electron chi connectivity index (χ2n) is 3.67. The summed E-state index contributed by atoms with van der Waals surface area (Å²) in [6.45, 7) is 2.71. The van der Waals surface area contributed by atoms with Crippen LogP contribution >= 0.6 is 11.6 Å². The number of likely N-dealkylation sites (N-methyl/N-ethyl adjacent to an activating group) is 1. The number of hydrogen-bond acceptors (Lipinski definition) is 1. The van der Waals surface area contributed by atoms with Crippen LogP contribution in [0.15, 0.2) is 30.3 Å². The lowest BCUT2D eigenvalue weighted by Gasteiger charge is -2.27. The SMILES string of the molecule is C#CCN(C)[C@@H](C)[C@H](Cl)c1ccccc1. The second-order valence-corrected chi connectivity index (χ2v) is 4.14. The van der Waals surface area contributed by atoms with E-state index in [1.165, 1.54) is 0 Å². The summed E-state index contributed by atoms with van der Waals surface area (Å²) in [5.41, 5.74) is 1.13. The lowest BCUT2D eigenvalue weighted by Crippen LogP contribution is -2.32. The molecule has 0 amide bonds. The van der Waals surface area contributed by atoms with Crippen molar-refractivity contribution < 1.29 is 0 Å². The Bertz CT molecular complexity index is 328. The van der Waals surface area contributed by atoms with Gasteiger partial charge in [-0.25, -0.2) is 0 Å². The van der Waals surface area contributed by atoms with E-state index in [4.69, 9.17) is 18.0 Å². The average Bonchev–Trinajstić information content (AvgIpc) is 2.28. The Hall–Kier alpha value is -0.970. The lowest BCUT2D eigenvalue weighted by atomic mass is 10.1. The van der Waals surface area contributed by atoms with Crippen molar-refractivity contribution >= 4 is 11.6 Å². The van der Waals surface area contributed by atoms with Gasteiger partial charge in [0.25, 0.3) is 0 Å². The van der Waals surface area contributed by atoms with Crippen molar-refractivity contribution in [1.82, 2.24) is 4.90 Å². The molecule has 15 heavy (non-hydrogen) atoms. The van der Waals surface area contributed by atoms with Crippen LogP contribution in [-0.2, 0) is 0 Å². The molecule has 0 heterocycles. The third kappa shape index (κ3) is 3.27. The minimum Gasteiger partial charge on any atom is -0.291 e. The van der Waals surface area contributed by atoms with E-state index in [2.05, 4.69) is 17.7 Å². The number of rotatable bonds is 4. The fourth-order valence-corrected chi connectivity index (χ4v) is 1.76. The van der Waals surface area contributed by atoms with Crippen LogP contribution in [0.2, 0.25) is 0 Å². The van der Waals surface area contributed by atoms with Crippen LogP contribution in [0.5, 0.6) is 0 Å². The Labute approximate surface area is 97.0 Å². The second kappa shape index (κ2) is 5.80. The summed E-state index contributed by atoms with van der Waals surface area (Å²) in [6.07, 6.45) is 5.27. The molecule has 1 aromatic carbocycles. The zero-order valence-electron chi connectivity index (χ0n) is 9.15. The molecule has 0 N–H and O–H groups in total. The first-order chi connectivity index (χ1) is 7.16. The van der Waals surface area contributed by atoms with Gasteiger partial charge in [0.05, 0.1) is 11.9 Å². The largest absolute Gasteiger partial charge is 0.291 e. The van der Waals surface area contributed by atoms with Gasteiger partial charge in [0.1, 0.15) is 0 Å². The lowest BCUT2D eigenvalue weighted by molar-refractivity contribution is 0.281. The van der Waals surface area contributed by atoms with E-state index in [0.717, 1.165) is 5.56 Å². The maximum Gasteiger partial charge on any atom is 0.0738 e. The Balaban J connectivity index is 2.69. The number of alkyl halides is 1. The van der Waals surface area contributed by atoms with E-state index >= 15 is 0 Å². The molecule has 1 aromatic rings. The van der Waals surface area contributed by atoms with Crippen molar-refractivity contribution in [3.05, 3.63) is 35.9 Å². The van der Waals surface area contributed by atoms with Crippen LogP contribution in [0.4, 0.5) is 0 Å². The van der Waals surface area contributed by atoms with Crippen LogP contribution in [0.25, 0.3) is 0 Å². The van der Waals surface area contributed by atoms with E-state index in [1.54, 1.807) is 0 Å². The van der Waals surface area contributed by atoms with E-state index in [1.807, 2.05) is 37.4 Å². The highest BCUT2D eigenvalue weighted by atomic mass is 35.5. The molecule has 0 aliphatic carbocycles. The standard InChI is InChI=1S/C13H16ClN/c1-4-10-15(3)11(2)13(14)12-8-6-5-7-9-12/h1,5-9,11,13H,10H2,2-3H3/t11-,13-/m0/s1. The van der Waals surface area contributed by atoms with Gasteiger partial charge in [-0.05, 0) is 19.5 Å². The van der Waals surface area contributed by atoms with E-state index in [9.17, 15) is 0 Å². The fourth-order valence-electron chi connectivity index (χ4n) is 1.43. The topological polar surface area (TPSA) is 3.24 Å². The molecule has 80 valence electrons. The van der Waals surface area contributed by atoms with Gasteiger partial charge in [-0.15, -0.1) is 18.0 Å². The van der Waals surface area contributed by atoms with Crippen molar-refractivity contribution in [1.29, 1.82) is 0 Å². The molecule has 1 nitrogen and oxygen atoms in total. The van der Waals surface area contributed by atoms with E-state index < -0.39 is 0 Å². The van der Waals surface area contributed by atoms with Crippen molar-refractivity contribution in [2.24, 2.45) is 0 Å². The Morgan fingerprint density at radius 3 is 2.53 bits per heavy atom. The molecule has 2 heteroatoms. The van der Waals surface area contributed by atoms with Gasteiger partial charge >= 0.3 is 0 Å². The van der Waals surface area contributed by atoms with Crippen molar-refractivity contribution in [3.63, 3.8) is 0 Å². The minimum absolute atomic E-state index is 0.0236. The van der Waals surface area contributed by atoms with Gasteiger partial charge in [0, 0.05) is 6.04 Å². The van der Waals surface area contributed by atoms with Crippen molar-refractivity contribution in [2.45, 2.75) is 18.3 Å². The summed E-state index contributed by atoms with van der Waals surface area (Å²) in [5.74, 6) is 2.62. The molecule has 0 radical (unpaired) electrons. The Morgan fingerprint density at radius 2 is 2.00 bits per heavy atom. The van der Waals surface area contributed by atoms with Gasteiger partial charge in [-0.2, -0.15) is 0 Å². The first-order valence-corrected chi connectivity index (χ1v) is 5.43. The Kier molecular flexibility index (Phi) is 4.68. The predicted molar refractivity (Wildman–Crippen MR) is 66.0 cm³/mol. The normalized spacial score (nSPS) is 14.6. The number of nitrogens with zero attached hydrogens (tertiary/aromatic N) is 1. The molecular weight excluding hydrogens is 206 g/mol. The molecule has 2 atom stereocenters. The summed E-state index contributed by atoms with van der Waals surface area (Å²) in [5, 5.41) is -0.0236. The fraction of sp³-hybridized carbons (Fsp3) is 0.385. The molecule has 0 saturated heterocycles. The van der Waals surface area contributed by atoms with Crippen molar-refractivity contribution in [2.75, 3.05) is 13.6 Å². The zero-order chi connectivity index (χ0) is 11.3. The summed E-state index contributed by atoms with van der Waals surface area (Å²) < 4.78 is 0. The van der Waals surface area contributed by atoms with Crippen LogP contribution in [0.1, 0.15) is 17.9 Å². The van der Waals surface area contributed by atoms with Crippen LogP contribution in [-0.4, -0.2) is 24.5 Å². The van der Waals surface area contributed by atoms with Gasteiger partial charge < -0.3 is 0 Å². The van der Waals surface area contributed by atoms with E-state index in [0.29, 0.717) is 6.54 Å². The molecule has 0 aliphatic rings. The highest BCUT2D eigenvalue weighted by Crippen LogP contribution is 2.26. The van der Waals surface area contributed by atoms with Crippen LogP contribution in [0.3, 0.4) is 0 Å².